The van der Waals surface area contributed by atoms with E-state index in [0.717, 1.165) is 4.90 Å². The third-order valence-corrected chi connectivity index (χ3v) is 1.79. The SMILES string of the molecule is CC=CN1CCN(C(=O)Cl)C1=O. The first kappa shape index (κ1) is 9.06. The monoisotopic (exact) mass is 188 g/mol. The maximum atomic E-state index is 11.2. The molecule has 1 rings (SSSR count). The number of imide groups is 1. The zero-order valence-electron chi connectivity index (χ0n) is 6.66. The Kier molecular flexibility index (Phi) is 2.70. The Labute approximate surface area is 75.4 Å². The molecule has 1 fully saturated rings. The van der Waals surface area contributed by atoms with Crippen molar-refractivity contribution in [2.75, 3.05) is 13.1 Å². The van der Waals surface area contributed by atoms with E-state index in [0.29, 0.717) is 13.1 Å². The van der Waals surface area contributed by atoms with Crippen LogP contribution in [-0.2, 0) is 0 Å². The van der Waals surface area contributed by atoms with Gasteiger partial charge in [0.2, 0.25) is 0 Å². The molecule has 0 unspecified atom stereocenters. The van der Waals surface area contributed by atoms with Gasteiger partial charge < -0.3 is 0 Å². The minimum absolute atomic E-state index is 0.354. The third kappa shape index (κ3) is 1.58. The first-order chi connectivity index (χ1) is 5.66. The van der Waals surface area contributed by atoms with Gasteiger partial charge in [-0.25, -0.2) is 9.69 Å². The first-order valence-electron chi connectivity index (χ1n) is 3.57. The lowest BCUT2D eigenvalue weighted by Gasteiger charge is -2.10. The zero-order valence-corrected chi connectivity index (χ0v) is 7.41. The summed E-state index contributed by atoms with van der Waals surface area (Å²) >= 11 is 5.16. The van der Waals surface area contributed by atoms with E-state index in [1.165, 1.54) is 4.90 Å². The normalized spacial score (nSPS) is 18.0. The molecule has 0 aliphatic carbocycles. The van der Waals surface area contributed by atoms with E-state index in [-0.39, 0.29) is 6.03 Å². The average Bonchev–Trinajstić information content (AvgIpc) is 2.34. The molecule has 12 heavy (non-hydrogen) atoms. The predicted molar refractivity (Wildman–Crippen MR) is 44.9 cm³/mol. The quantitative estimate of drug-likeness (QED) is 0.464. The highest BCUT2D eigenvalue weighted by Gasteiger charge is 2.30. The van der Waals surface area contributed by atoms with E-state index in [1.807, 2.05) is 0 Å². The Hall–Kier alpha value is -1.03. The number of hydrogen-bond donors (Lipinski definition) is 0. The van der Waals surface area contributed by atoms with Crippen molar-refractivity contribution in [2.24, 2.45) is 0 Å². The predicted octanol–water partition coefficient (Wildman–Crippen LogP) is 1.62. The number of carbonyl (C=O) groups excluding carboxylic acids is 2. The van der Waals surface area contributed by atoms with Crippen molar-refractivity contribution < 1.29 is 9.59 Å². The summed E-state index contributed by atoms with van der Waals surface area (Å²) in [6.07, 6.45) is 3.36. The highest BCUT2D eigenvalue weighted by molar-refractivity contribution is 6.64. The van der Waals surface area contributed by atoms with Crippen molar-refractivity contribution in [3.8, 4) is 0 Å². The molecule has 4 nitrogen and oxygen atoms in total. The second-order valence-electron chi connectivity index (χ2n) is 2.36. The van der Waals surface area contributed by atoms with Gasteiger partial charge in [0.15, 0.2) is 0 Å². The third-order valence-electron chi connectivity index (χ3n) is 1.58. The van der Waals surface area contributed by atoms with Crippen LogP contribution in [0, 0.1) is 0 Å². The highest BCUT2D eigenvalue weighted by atomic mass is 35.5. The molecule has 0 radical (unpaired) electrons. The molecule has 0 aromatic carbocycles. The Balaban J connectivity index is 2.67. The van der Waals surface area contributed by atoms with Gasteiger partial charge in [0.25, 0.3) is 0 Å². The molecule has 0 spiro atoms. The van der Waals surface area contributed by atoms with Crippen LogP contribution in [0.3, 0.4) is 0 Å². The van der Waals surface area contributed by atoms with Crippen LogP contribution in [0.2, 0.25) is 0 Å². The van der Waals surface area contributed by atoms with E-state index in [9.17, 15) is 9.59 Å². The van der Waals surface area contributed by atoms with Gasteiger partial charge in [-0.2, -0.15) is 0 Å². The Bertz CT molecular complexity index is 240. The minimum atomic E-state index is -0.716. The molecule has 66 valence electrons. The molecule has 1 aliphatic heterocycles. The summed E-state index contributed by atoms with van der Waals surface area (Å²) < 4.78 is 0. The lowest BCUT2D eigenvalue weighted by Crippen LogP contribution is -2.30. The molecular formula is C7H9ClN2O2. The van der Waals surface area contributed by atoms with E-state index in [4.69, 9.17) is 11.6 Å². The maximum absolute atomic E-state index is 11.2. The molecule has 1 saturated heterocycles. The average molecular weight is 189 g/mol. The van der Waals surface area contributed by atoms with Gasteiger partial charge in [-0.05, 0) is 18.5 Å². The molecule has 5 heteroatoms. The van der Waals surface area contributed by atoms with Crippen LogP contribution < -0.4 is 0 Å². The summed E-state index contributed by atoms with van der Waals surface area (Å²) in [6, 6.07) is -0.354. The molecule has 0 saturated carbocycles. The van der Waals surface area contributed by atoms with E-state index in [1.54, 1.807) is 19.2 Å². The zero-order chi connectivity index (χ0) is 9.14. The van der Waals surface area contributed by atoms with Gasteiger partial charge >= 0.3 is 11.4 Å². The molecule has 1 aliphatic rings. The Morgan fingerprint density at radius 1 is 1.58 bits per heavy atom. The second-order valence-corrected chi connectivity index (χ2v) is 2.69. The first-order valence-corrected chi connectivity index (χ1v) is 3.95. The summed E-state index contributed by atoms with van der Waals surface area (Å²) in [5.41, 5.74) is 0. The number of urea groups is 1. The summed E-state index contributed by atoms with van der Waals surface area (Å²) in [5, 5.41) is -0.716. The van der Waals surface area contributed by atoms with E-state index >= 15 is 0 Å². The molecule has 0 aromatic heterocycles. The van der Waals surface area contributed by atoms with Crippen molar-refractivity contribution in [1.29, 1.82) is 0 Å². The fourth-order valence-electron chi connectivity index (χ4n) is 1.04. The summed E-state index contributed by atoms with van der Waals surface area (Å²) in [6.45, 7) is 2.69. The number of rotatable bonds is 1. The van der Waals surface area contributed by atoms with Crippen LogP contribution in [-0.4, -0.2) is 34.3 Å². The van der Waals surface area contributed by atoms with Crippen LogP contribution in [0.15, 0.2) is 12.3 Å². The van der Waals surface area contributed by atoms with Gasteiger partial charge in [-0.15, -0.1) is 0 Å². The highest BCUT2D eigenvalue weighted by Crippen LogP contribution is 2.11. The Morgan fingerprint density at radius 2 is 2.25 bits per heavy atom. The van der Waals surface area contributed by atoms with Gasteiger partial charge in [-0.3, -0.25) is 9.69 Å². The summed E-state index contributed by atoms with van der Waals surface area (Å²) in [5.74, 6) is 0. The number of carbonyl (C=O) groups is 2. The van der Waals surface area contributed by atoms with Crippen molar-refractivity contribution in [3.63, 3.8) is 0 Å². The van der Waals surface area contributed by atoms with Crippen molar-refractivity contribution in [1.82, 2.24) is 9.80 Å². The second kappa shape index (κ2) is 3.58. The van der Waals surface area contributed by atoms with Gasteiger partial charge in [0.1, 0.15) is 0 Å². The van der Waals surface area contributed by atoms with E-state index in [2.05, 4.69) is 0 Å². The molecule has 3 amide bonds. The van der Waals surface area contributed by atoms with Crippen LogP contribution in [0.5, 0.6) is 0 Å². The smallest absolute Gasteiger partial charge is 0.299 e. The van der Waals surface area contributed by atoms with Crippen molar-refractivity contribution >= 4 is 23.0 Å². The van der Waals surface area contributed by atoms with Gasteiger partial charge in [-0.1, -0.05) is 6.08 Å². The Morgan fingerprint density at radius 3 is 2.67 bits per heavy atom. The minimum Gasteiger partial charge on any atom is -0.299 e. The number of halogens is 1. The number of allylic oxidation sites excluding steroid dienone is 1. The number of hydrogen-bond acceptors (Lipinski definition) is 2. The van der Waals surface area contributed by atoms with Gasteiger partial charge in [0.05, 0.1) is 0 Å². The molecule has 0 atom stereocenters. The van der Waals surface area contributed by atoms with Crippen molar-refractivity contribution in [2.45, 2.75) is 6.92 Å². The fourth-order valence-corrected chi connectivity index (χ4v) is 1.19. The molecule has 0 N–H and O–H groups in total. The molecular weight excluding hydrogens is 180 g/mol. The number of nitrogens with zero attached hydrogens (tertiary/aromatic N) is 2. The summed E-state index contributed by atoms with van der Waals surface area (Å²) in [7, 11) is 0. The summed E-state index contributed by atoms with van der Waals surface area (Å²) in [4.78, 5) is 24.3. The molecule has 0 aromatic rings. The maximum Gasteiger partial charge on any atom is 0.331 e. The van der Waals surface area contributed by atoms with Crippen LogP contribution in [0.1, 0.15) is 6.92 Å². The topological polar surface area (TPSA) is 40.6 Å². The standard InChI is InChI=1S/C7H9ClN2O2/c1-2-3-9-4-5-10(6(8)11)7(9)12/h2-3H,4-5H2,1H3. The lowest BCUT2D eigenvalue weighted by atomic mass is 10.6. The van der Waals surface area contributed by atoms with Crippen LogP contribution in [0.25, 0.3) is 0 Å². The largest absolute Gasteiger partial charge is 0.331 e. The van der Waals surface area contributed by atoms with E-state index < -0.39 is 5.37 Å². The van der Waals surface area contributed by atoms with Crippen LogP contribution >= 0.6 is 11.6 Å². The van der Waals surface area contributed by atoms with Crippen LogP contribution in [0.4, 0.5) is 9.59 Å². The van der Waals surface area contributed by atoms with Gasteiger partial charge in [0, 0.05) is 19.3 Å². The fraction of sp³-hybridized carbons (Fsp3) is 0.429. The lowest BCUT2D eigenvalue weighted by molar-refractivity contribution is 0.202. The number of amides is 3. The van der Waals surface area contributed by atoms with Crippen molar-refractivity contribution in [3.05, 3.63) is 12.3 Å². The molecule has 0 bridgehead atoms. The molecule has 1 heterocycles.